The molecular formula is C22H24N2O4. The summed E-state index contributed by atoms with van der Waals surface area (Å²) in [5, 5.41) is 33.7. The van der Waals surface area contributed by atoms with Crippen LogP contribution in [0.15, 0.2) is 42.5 Å². The van der Waals surface area contributed by atoms with Crippen molar-refractivity contribution in [2.24, 2.45) is 0 Å². The van der Waals surface area contributed by atoms with E-state index in [1.54, 1.807) is 4.68 Å². The fourth-order valence-electron chi connectivity index (χ4n) is 3.19. The Kier molecular flexibility index (Phi) is 4.89. The van der Waals surface area contributed by atoms with Crippen molar-refractivity contribution < 1.29 is 20.1 Å². The van der Waals surface area contributed by atoms with Crippen LogP contribution in [-0.2, 0) is 11.8 Å². The summed E-state index contributed by atoms with van der Waals surface area (Å²) in [6.45, 7) is 8.27. The van der Waals surface area contributed by atoms with Gasteiger partial charge in [0.2, 0.25) is 0 Å². The predicted molar refractivity (Wildman–Crippen MR) is 107 cm³/mol. The lowest BCUT2D eigenvalue weighted by atomic mass is 9.87. The SMILES string of the molecule is CCc1c(C(=O)O)c(-c2ccc(O)c(O)c2)nn1-c1ccc(C(C)(C)C)cc1. The Morgan fingerprint density at radius 1 is 1.04 bits per heavy atom. The maximum absolute atomic E-state index is 12.0. The summed E-state index contributed by atoms with van der Waals surface area (Å²) >= 11 is 0. The molecule has 28 heavy (non-hydrogen) atoms. The second-order valence-corrected chi connectivity index (χ2v) is 7.74. The topological polar surface area (TPSA) is 95.6 Å². The van der Waals surface area contributed by atoms with Gasteiger partial charge in [0.25, 0.3) is 0 Å². The van der Waals surface area contributed by atoms with E-state index in [0.29, 0.717) is 17.7 Å². The lowest BCUT2D eigenvalue weighted by Crippen LogP contribution is -2.11. The van der Waals surface area contributed by atoms with E-state index in [1.807, 2.05) is 31.2 Å². The van der Waals surface area contributed by atoms with E-state index in [4.69, 9.17) is 0 Å². The van der Waals surface area contributed by atoms with Gasteiger partial charge in [0.1, 0.15) is 11.3 Å². The minimum atomic E-state index is -1.09. The van der Waals surface area contributed by atoms with Gasteiger partial charge in [-0.15, -0.1) is 0 Å². The number of hydrogen-bond acceptors (Lipinski definition) is 4. The summed E-state index contributed by atoms with van der Waals surface area (Å²) in [6, 6.07) is 12.1. The molecule has 0 spiro atoms. The molecule has 2 aromatic carbocycles. The molecule has 1 heterocycles. The monoisotopic (exact) mass is 380 g/mol. The first-order valence-electron chi connectivity index (χ1n) is 9.12. The zero-order chi connectivity index (χ0) is 20.6. The molecule has 0 amide bonds. The van der Waals surface area contributed by atoms with Crippen molar-refractivity contribution in [3.8, 4) is 28.4 Å². The highest BCUT2D eigenvalue weighted by Crippen LogP contribution is 2.34. The molecule has 0 aliphatic carbocycles. The molecule has 0 aliphatic heterocycles. The van der Waals surface area contributed by atoms with Crippen LogP contribution in [0.5, 0.6) is 11.5 Å². The lowest BCUT2D eigenvalue weighted by molar-refractivity contribution is 0.0696. The number of nitrogens with zero attached hydrogens (tertiary/aromatic N) is 2. The van der Waals surface area contributed by atoms with Crippen molar-refractivity contribution in [1.29, 1.82) is 0 Å². The van der Waals surface area contributed by atoms with E-state index in [-0.39, 0.29) is 28.2 Å². The molecule has 0 atom stereocenters. The number of aromatic hydroxyl groups is 2. The van der Waals surface area contributed by atoms with Gasteiger partial charge in [-0.25, -0.2) is 9.48 Å². The number of benzene rings is 2. The molecule has 6 nitrogen and oxygen atoms in total. The van der Waals surface area contributed by atoms with Crippen molar-refractivity contribution in [3.05, 3.63) is 59.3 Å². The Labute approximate surface area is 163 Å². The molecule has 6 heteroatoms. The zero-order valence-electron chi connectivity index (χ0n) is 16.4. The summed E-state index contributed by atoms with van der Waals surface area (Å²) < 4.78 is 1.63. The van der Waals surface area contributed by atoms with Crippen LogP contribution in [-0.4, -0.2) is 31.1 Å². The standard InChI is InChI=1S/C22H24N2O4/c1-5-16-19(21(27)28)20(13-6-11-17(25)18(26)12-13)23-24(16)15-9-7-14(8-10-15)22(2,3)4/h6-12,25-26H,5H2,1-4H3,(H,27,28). The number of carboxylic acid groups (broad SMARTS) is 1. The van der Waals surface area contributed by atoms with Crippen LogP contribution in [0.4, 0.5) is 0 Å². The van der Waals surface area contributed by atoms with Crippen LogP contribution < -0.4 is 0 Å². The number of carbonyl (C=O) groups is 1. The van der Waals surface area contributed by atoms with Crippen LogP contribution in [0, 0.1) is 0 Å². The first-order valence-corrected chi connectivity index (χ1v) is 9.12. The molecule has 0 saturated heterocycles. The van der Waals surface area contributed by atoms with Crippen molar-refractivity contribution in [2.45, 2.75) is 39.5 Å². The largest absolute Gasteiger partial charge is 0.504 e. The average molecular weight is 380 g/mol. The summed E-state index contributed by atoms with van der Waals surface area (Å²) in [4.78, 5) is 12.0. The smallest absolute Gasteiger partial charge is 0.339 e. The summed E-state index contributed by atoms with van der Waals surface area (Å²) in [5.74, 6) is -1.68. The summed E-state index contributed by atoms with van der Waals surface area (Å²) in [5.41, 5.74) is 3.28. The highest BCUT2D eigenvalue weighted by molar-refractivity contribution is 5.96. The Balaban J connectivity index is 2.20. The van der Waals surface area contributed by atoms with Gasteiger partial charge >= 0.3 is 5.97 Å². The predicted octanol–water partition coefficient (Wildman–Crippen LogP) is 4.51. The summed E-state index contributed by atoms with van der Waals surface area (Å²) in [7, 11) is 0. The van der Waals surface area contributed by atoms with E-state index in [1.165, 1.54) is 23.8 Å². The van der Waals surface area contributed by atoms with E-state index in [0.717, 1.165) is 5.69 Å². The second-order valence-electron chi connectivity index (χ2n) is 7.74. The minimum Gasteiger partial charge on any atom is -0.504 e. The number of phenols is 2. The van der Waals surface area contributed by atoms with Gasteiger partial charge in [-0.05, 0) is 47.7 Å². The normalized spacial score (nSPS) is 11.6. The molecule has 0 saturated carbocycles. The molecule has 0 radical (unpaired) electrons. The van der Waals surface area contributed by atoms with E-state index < -0.39 is 5.97 Å². The van der Waals surface area contributed by atoms with Gasteiger partial charge in [-0.1, -0.05) is 39.8 Å². The number of carboxylic acids is 1. The molecule has 146 valence electrons. The average Bonchev–Trinajstić information content (AvgIpc) is 3.03. The molecule has 0 aliphatic rings. The van der Waals surface area contributed by atoms with E-state index in [9.17, 15) is 20.1 Å². The van der Waals surface area contributed by atoms with Crippen LogP contribution >= 0.6 is 0 Å². The lowest BCUT2D eigenvalue weighted by Gasteiger charge is -2.19. The van der Waals surface area contributed by atoms with Crippen LogP contribution in [0.3, 0.4) is 0 Å². The zero-order valence-corrected chi connectivity index (χ0v) is 16.4. The van der Waals surface area contributed by atoms with Gasteiger partial charge < -0.3 is 15.3 Å². The molecule has 0 unspecified atom stereocenters. The van der Waals surface area contributed by atoms with Gasteiger partial charge in [0.05, 0.1) is 11.4 Å². The van der Waals surface area contributed by atoms with Crippen molar-refractivity contribution in [3.63, 3.8) is 0 Å². The molecule has 0 fully saturated rings. The molecule has 3 N–H and O–H groups in total. The number of rotatable bonds is 4. The van der Waals surface area contributed by atoms with Crippen molar-refractivity contribution >= 4 is 5.97 Å². The third-order valence-electron chi connectivity index (χ3n) is 4.76. The minimum absolute atomic E-state index is 0.0111. The highest BCUT2D eigenvalue weighted by atomic mass is 16.4. The Bertz CT molecular complexity index is 1030. The van der Waals surface area contributed by atoms with Crippen molar-refractivity contribution in [1.82, 2.24) is 9.78 Å². The molecule has 3 aromatic rings. The fraction of sp³-hybridized carbons (Fsp3) is 0.273. The van der Waals surface area contributed by atoms with E-state index >= 15 is 0 Å². The van der Waals surface area contributed by atoms with Gasteiger partial charge in [-0.3, -0.25) is 0 Å². The number of aromatic nitrogens is 2. The van der Waals surface area contributed by atoms with Crippen LogP contribution in [0.25, 0.3) is 16.9 Å². The maximum atomic E-state index is 12.0. The fourth-order valence-corrected chi connectivity index (χ4v) is 3.19. The molecule has 0 bridgehead atoms. The Morgan fingerprint density at radius 2 is 1.68 bits per heavy atom. The Morgan fingerprint density at radius 3 is 2.18 bits per heavy atom. The maximum Gasteiger partial charge on any atom is 0.339 e. The number of hydrogen-bond donors (Lipinski definition) is 3. The van der Waals surface area contributed by atoms with Gasteiger partial charge in [-0.2, -0.15) is 5.10 Å². The third kappa shape index (κ3) is 3.45. The first-order chi connectivity index (χ1) is 13.1. The number of aromatic carboxylic acids is 1. The van der Waals surface area contributed by atoms with Crippen LogP contribution in [0.2, 0.25) is 0 Å². The van der Waals surface area contributed by atoms with E-state index in [2.05, 4.69) is 25.9 Å². The highest BCUT2D eigenvalue weighted by Gasteiger charge is 2.25. The third-order valence-corrected chi connectivity index (χ3v) is 4.76. The summed E-state index contributed by atoms with van der Waals surface area (Å²) in [6.07, 6.45) is 0.472. The Hall–Kier alpha value is -3.28. The van der Waals surface area contributed by atoms with Gasteiger partial charge in [0.15, 0.2) is 11.5 Å². The first kappa shape index (κ1) is 19.5. The van der Waals surface area contributed by atoms with Crippen molar-refractivity contribution in [2.75, 3.05) is 0 Å². The second kappa shape index (κ2) is 7.03. The number of phenolic OH excluding ortho intramolecular Hbond substituents is 2. The molecule has 3 rings (SSSR count). The van der Waals surface area contributed by atoms with Crippen LogP contribution in [0.1, 0.15) is 49.3 Å². The molecule has 1 aromatic heterocycles. The van der Waals surface area contributed by atoms with Gasteiger partial charge in [0, 0.05) is 5.56 Å². The quantitative estimate of drug-likeness (QED) is 0.579. The molecular weight excluding hydrogens is 356 g/mol.